The summed E-state index contributed by atoms with van der Waals surface area (Å²) in [5.74, 6) is 0.0454. The van der Waals surface area contributed by atoms with Gasteiger partial charge in [-0.15, -0.1) is 16.4 Å². The Kier molecular flexibility index (Phi) is 4.74. The van der Waals surface area contributed by atoms with Gasteiger partial charge in [-0.1, -0.05) is 22.7 Å². The topological polar surface area (TPSA) is 49.3 Å². The van der Waals surface area contributed by atoms with Gasteiger partial charge in [-0.25, -0.2) is 0 Å². The van der Waals surface area contributed by atoms with Crippen molar-refractivity contribution in [1.29, 1.82) is 0 Å². The van der Waals surface area contributed by atoms with Gasteiger partial charge in [0.05, 0.1) is 4.88 Å². The third kappa shape index (κ3) is 3.12. The number of carbonyl (C=O) groups excluding carboxylic acids is 1. The van der Waals surface area contributed by atoms with Gasteiger partial charge in [-0.2, -0.15) is 0 Å². The molecule has 1 aliphatic rings. The van der Waals surface area contributed by atoms with Crippen LogP contribution >= 0.6 is 22.9 Å². The van der Waals surface area contributed by atoms with Crippen molar-refractivity contribution < 1.29 is 4.79 Å². The molecule has 1 amide bonds. The van der Waals surface area contributed by atoms with Crippen LogP contribution in [-0.4, -0.2) is 46.6 Å². The number of thiophene rings is 1. The molecule has 1 fully saturated rings. The van der Waals surface area contributed by atoms with Crippen molar-refractivity contribution in [1.82, 2.24) is 14.5 Å². The molecule has 0 radical (unpaired) electrons. The molecule has 0 saturated carbocycles. The fourth-order valence-electron chi connectivity index (χ4n) is 3.28. The van der Waals surface area contributed by atoms with Crippen LogP contribution in [0.4, 0.5) is 5.69 Å². The SMILES string of the molecule is Cc1cccc(N2CCN(C(=O)c3snnc3-c3cccs3)CC2)c1C. The molecule has 134 valence electrons. The number of piperazine rings is 1. The highest BCUT2D eigenvalue weighted by Crippen LogP contribution is 2.30. The molecule has 0 N–H and O–H groups in total. The minimum atomic E-state index is 0.0454. The zero-order chi connectivity index (χ0) is 18.1. The molecular weight excluding hydrogens is 364 g/mol. The molecule has 26 heavy (non-hydrogen) atoms. The first-order valence-corrected chi connectivity index (χ1v) is 10.3. The van der Waals surface area contributed by atoms with Crippen molar-refractivity contribution in [2.45, 2.75) is 13.8 Å². The summed E-state index contributed by atoms with van der Waals surface area (Å²) in [7, 11) is 0. The van der Waals surface area contributed by atoms with Gasteiger partial charge in [0.15, 0.2) is 0 Å². The standard InChI is InChI=1S/C19H20N4OS2/c1-13-5-3-6-15(14(13)2)22-8-10-23(11-9-22)19(24)18-17(20-21-26-18)16-7-4-12-25-16/h3-7,12H,8-11H2,1-2H3. The Morgan fingerprint density at radius 1 is 1.08 bits per heavy atom. The van der Waals surface area contributed by atoms with E-state index in [2.05, 4.69) is 46.5 Å². The third-order valence-corrected chi connectivity index (χ3v) is 6.51. The monoisotopic (exact) mass is 384 g/mol. The number of carbonyl (C=O) groups is 1. The quantitative estimate of drug-likeness (QED) is 0.688. The maximum Gasteiger partial charge on any atom is 0.268 e. The van der Waals surface area contributed by atoms with Crippen LogP contribution < -0.4 is 4.90 Å². The van der Waals surface area contributed by atoms with E-state index in [1.807, 2.05) is 22.4 Å². The smallest absolute Gasteiger partial charge is 0.268 e. The molecule has 3 heterocycles. The highest BCUT2D eigenvalue weighted by atomic mass is 32.1. The highest BCUT2D eigenvalue weighted by Gasteiger charge is 2.27. The Labute approximate surface area is 161 Å². The molecule has 0 bridgehead atoms. The van der Waals surface area contributed by atoms with E-state index in [0.717, 1.165) is 18.0 Å². The molecule has 3 aromatic rings. The van der Waals surface area contributed by atoms with Crippen LogP contribution in [0.2, 0.25) is 0 Å². The van der Waals surface area contributed by atoms with Crippen LogP contribution in [0.15, 0.2) is 35.7 Å². The molecule has 2 aromatic heterocycles. The van der Waals surface area contributed by atoms with E-state index in [-0.39, 0.29) is 5.91 Å². The van der Waals surface area contributed by atoms with E-state index in [0.29, 0.717) is 23.7 Å². The predicted octanol–water partition coefficient (Wildman–Crippen LogP) is 3.85. The van der Waals surface area contributed by atoms with Crippen molar-refractivity contribution in [3.05, 3.63) is 51.7 Å². The molecular formula is C19H20N4OS2. The number of rotatable bonds is 3. The van der Waals surface area contributed by atoms with Gasteiger partial charge in [-0.05, 0) is 54.0 Å². The minimum absolute atomic E-state index is 0.0454. The van der Waals surface area contributed by atoms with E-state index in [1.165, 1.54) is 28.3 Å². The molecule has 1 saturated heterocycles. The van der Waals surface area contributed by atoms with Crippen LogP contribution in [0, 0.1) is 13.8 Å². The zero-order valence-electron chi connectivity index (χ0n) is 14.8. The van der Waals surface area contributed by atoms with Crippen LogP contribution in [-0.2, 0) is 0 Å². The van der Waals surface area contributed by atoms with Crippen molar-refractivity contribution in [3.63, 3.8) is 0 Å². The first kappa shape index (κ1) is 17.2. The molecule has 0 unspecified atom stereocenters. The molecule has 0 aliphatic carbocycles. The molecule has 1 aromatic carbocycles. The first-order valence-electron chi connectivity index (χ1n) is 8.62. The molecule has 1 aliphatic heterocycles. The fourth-order valence-corrected chi connectivity index (χ4v) is 4.71. The summed E-state index contributed by atoms with van der Waals surface area (Å²) < 4.78 is 4.02. The average Bonchev–Trinajstić information content (AvgIpc) is 3.35. The van der Waals surface area contributed by atoms with E-state index in [9.17, 15) is 4.79 Å². The second-order valence-corrected chi connectivity index (χ2v) is 8.13. The molecule has 7 heteroatoms. The lowest BCUT2D eigenvalue weighted by Gasteiger charge is -2.36. The number of aryl methyl sites for hydroxylation is 1. The summed E-state index contributed by atoms with van der Waals surface area (Å²) >= 11 is 2.78. The van der Waals surface area contributed by atoms with Gasteiger partial charge in [0.1, 0.15) is 10.6 Å². The van der Waals surface area contributed by atoms with E-state index in [4.69, 9.17) is 0 Å². The second kappa shape index (κ2) is 7.17. The fraction of sp³-hybridized carbons (Fsp3) is 0.316. The largest absolute Gasteiger partial charge is 0.368 e. The van der Waals surface area contributed by atoms with Crippen molar-refractivity contribution in [2.24, 2.45) is 0 Å². The number of benzene rings is 1. The molecule has 0 spiro atoms. The Hall–Kier alpha value is -2.25. The van der Waals surface area contributed by atoms with Crippen molar-refractivity contribution in [2.75, 3.05) is 31.1 Å². The van der Waals surface area contributed by atoms with Crippen LogP contribution in [0.25, 0.3) is 10.6 Å². The van der Waals surface area contributed by atoms with Gasteiger partial charge in [0, 0.05) is 31.9 Å². The van der Waals surface area contributed by atoms with Gasteiger partial charge >= 0.3 is 0 Å². The zero-order valence-corrected chi connectivity index (χ0v) is 16.4. The number of amides is 1. The van der Waals surface area contributed by atoms with Crippen LogP contribution in [0.3, 0.4) is 0 Å². The Bertz CT molecular complexity index is 912. The lowest BCUT2D eigenvalue weighted by molar-refractivity contribution is 0.0752. The Morgan fingerprint density at radius 2 is 1.88 bits per heavy atom. The predicted molar refractivity (Wildman–Crippen MR) is 107 cm³/mol. The number of anilines is 1. The second-order valence-electron chi connectivity index (χ2n) is 6.43. The summed E-state index contributed by atoms with van der Waals surface area (Å²) in [5, 5.41) is 6.17. The lowest BCUT2D eigenvalue weighted by atomic mass is 10.1. The summed E-state index contributed by atoms with van der Waals surface area (Å²) in [6, 6.07) is 10.4. The minimum Gasteiger partial charge on any atom is -0.368 e. The third-order valence-electron chi connectivity index (χ3n) is 4.92. The van der Waals surface area contributed by atoms with Crippen molar-refractivity contribution in [3.8, 4) is 10.6 Å². The van der Waals surface area contributed by atoms with Gasteiger partial charge in [0.2, 0.25) is 0 Å². The number of aromatic nitrogens is 2. The van der Waals surface area contributed by atoms with Gasteiger partial charge in [-0.3, -0.25) is 4.79 Å². The number of hydrogen-bond acceptors (Lipinski definition) is 6. The Morgan fingerprint density at radius 3 is 2.62 bits per heavy atom. The maximum atomic E-state index is 13.0. The normalized spacial score (nSPS) is 14.7. The van der Waals surface area contributed by atoms with Crippen molar-refractivity contribution >= 4 is 34.5 Å². The molecule has 0 atom stereocenters. The van der Waals surface area contributed by atoms with Crippen LogP contribution in [0.1, 0.15) is 20.8 Å². The van der Waals surface area contributed by atoms with Gasteiger partial charge in [0.25, 0.3) is 5.91 Å². The average molecular weight is 385 g/mol. The summed E-state index contributed by atoms with van der Waals surface area (Å²) in [5.41, 5.74) is 4.61. The van der Waals surface area contributed by atoms with Crippen LogP contribution in [0.5, 0.6) is 0 Å². The maximum absolute atomic E-state index is 13.0. The lowest BCUT2D eigenvalue weighted by Crippen LogP contribution is -2.49. The number of nitrogens with zero attached hydrogens (tertiary/aromatic N) is 4. The first-order chi connectivity index (χ1) is 12.6. The molecule has 4 rings (SSSR count). The molecule has 5 nitrogen and oxygen atoms in total. The summed E-state index contributed by atoms with van der Waals surface area (Å²) in [6.45, 7) is 7.43. The highest BCUT2D eigenvalue weighted by molar-refractivity contribution is 7.14. The van der Waals surface area contributed by atoms with E-state index >= 15 is 0 Å². The summed E-state index contributed by atoms with van der Waals surface area (Å²) in [4.78, 5) is 18.9. The van der Waals surface area contributed by atoms with E-state index in [1.54, 1.807) is 11.3 Å². The van der Waals surface area contributed by atoms with E-state index < -0.39 is 0 Å². The van der Waals surface area contributed by atoms with Gasteiger partial charge < -0.3 is 9.80 Å². The number of hydrogen-bond donors (Lipinski definition) is 0. The summed E-state index contributed by atoms with van der Waals surface area (Å²) in [6.07, 6.45) is 0. The Balaban J connectivity index is 1.48.